The second-order valence-electron chi connectivity index (χ2n) is 3.45. The van der Waals surface area contributed by atoms with Gasteiger partial charge in [-0.05, 0) is 30.7 Å². The molecule has 0 spiro atoms. The Morgan fingerprint density at radius 3 is 2.00 bits per heavy atom. The Bertz CT molecular complexity index is 417. The van der Waals surface area contributed by atoms with E-state index in [1.807, 2.05) is 31.2 Å². The number of nitrogen functional groups attached to an aromatic ring is 2. The molecule has 0 bridgehead atoms. The van der Waals surface area contributed by atoms with Crippen molar-refractivity contribution in [3.63, 3.8) is 0 Å². The van der Waals surface area contributed by atoms with E-state index in [0.717, 1.165) is 11.3 Å². The number of rotatable bonds is 0. The van der Waals surface area contributed by atoms with Crippen LogP contribution in [0.5, 0.6) is 5.75 Å². The van der Waals surface area contributed by atoms with E-state index in [1.54, 1.807) is 18.2 Å². The molecular formula is C13H16N2O. The van der Waals surface area contributed by atoms with Crippen LogP contribution in [0.3, 0.4) is 0 Å². The van der Waals surface area contributed by atoms with Gasteiger partial charge in [0.15, 0.2) is 0 Å². The maximum Gasteiger partial charge on any atom is 0.117 e. The third kappa shape index (κ3) is 3.92. The highest BCUT2D eigenvalue weighted by molar-refractivity contribution is 5.45. The average Bonchev–Trinajstić information content (AvgIpc) is 2.23. The van der Waals surface area contributed by atoms with Crippen LogP contribution in [0.25, 0.3) is 0 Å². The van der Waals surface area contributed by atoms with Crippen molar-refractivity contribution in [3.05, 3.63) is 54.1 Å². The summed E-state index contributed by atoms with van der Waals surface area (Å²) in [6.45, 7) is 2.00. The van der Waals surface area contributed by atoms with E-state index in [1.165, 1.54) is 6.07 Å². The Balaban J connectivity index is 0.000000160. The molecule has 3 heteroatoms. The van der Waals surface area contributed by atoms with Gasteiger partial charge in [0.2, 0.25) is 0 Å². The molecule has 0 aliphatic carbocycles. The Hall–Kier alpha value is -2.16. The van der Waals surface area contributed by atoms with Gasteiger partial charge in [-0.2, -0.15) is 0 Å². The number of aromatic hydroxyl groups is 1. The van der Waals surface area contributed by atoms with Crippen molar-refractivity contribution in [2.45, 2.75) is 6.92 Å². The number of nitrogens with two attached hydrogens (primary N) is 2. The van der Waals surface area contributed by atoms with Crippen molar-refractivity contribution >= 4 is 11.4 Å². The van der Waals surface area contributed by atoms with Crippen LogP contribution in [-0.2, 0) is 0 Å². The van der Waals surface area contributed by atoms with Gasteiger partial charge < -0.3 is 16.6 Å². The fraction of sp³-hybridized carbons (Fsp3) is 0.0769. The van der Waals surface area contributed by atoms with Gasteiger partial charge >= 0.3 is 0 Å². The molecule has 0 aromatic heterocycles. The summed E-state index contributed by atoms with van der Waals surface area (Å²) >= 11 is 0. The van der Waals surface area contributed by atoms with Crippen molar-refractivity contribution in [2.24, 2.45) is 0 Å². The van der Waals surface area contributed by atoms with Gasteiger partial charge in [0, 0.05) is 17.4 Å². The van der Waals surface area contributed by atoms with Crippen molar-refractivity contribution in [3.8, 4) is 5.75 Å². The summed E-state index contributed by atoms with van der Waals surface area (Å²) in [5.74, 6) is 0.213. The summed E-state index contributed by atoms with van der Waals surface area (Å²) in [5, 5.41) is 8.73. The topological polar surface area (TPSA) is 72.3 Å². The Labute approximate surface area is 95.3 Å². The molecule has 0 radical (unpaired) electrons. The van der Waals surface area contributed by atoms with Gasteiger partial charge in [0.25, 0.3) is 0 Å². The summed E-state index contributed by atoms with van der Waals surface area (Å²) in [5.41, 5.74) is 13.4. The average molecular weight is 216 g/mol. The van der Waals surface area contributed by atoms with E-state index in [2.05, 4.69) is 0 Å². The smallest absolute Gasteiger partial charge is 0.117 e. The fourth-order valence-electron chi connectivity index (χ4n) is 1.11. The Morgan fingerprint density at radius 1 is 0.938 bits per heavy atom. The molecule has 16 heavy (non-hydrogen) atoms. The first kappa shape index (κ1) is 11.9. The molecule has 0 aliphatic rings. The van der Waals surface area contributed by atoms with Gasteiger partial charge in [-0.25, -0.2) is 0 Å². The van der Waals surface area contributed by atoms with Crippen LogP contribution in [-0.4, -0.2) is 5.11 Å². The van der Waals surface area contributed by atoms with Gasteiger partial charge in [0.1, 0.15) is 5.75 Å². The van der Waals surface area contributed by atoms with Crippen molar-refractivity contribution in [1.82, 2.24) is 0 Å². The molecule has 0 heterocycles. The fourth-order valence-corrected chi connectivity index (χ4v) is 1.11. The van der Waals surface area contributed by atoms with Crippen molar-refractivity contribution in [2.75, 3.05) is 11.5 Å². The number of anilines is 2. The summed E-state index contributed by atoms with van der Waals surface area (Å²) in [7, 11) is 0. The molecule has 2 aromatic carbocycles. The van der Waals surface area contributed by atoms with E-state index in [0.29, 0.717) is 5.69 Å². The van der Waals surface area contributed by atoms with E-state index in [-0.39, 0.29) is 5.75 Å². The molecule has 0 aliphatic heterocycles. The molecule has 0 saturated heterocycles. The molecule has 3 nitrogen and oxygen atoms in total. The first-order valence-electron chi connectivity index (χ1n) is 4.95. The maximum absolute atomic E-state index is 8.73. The molecule has 0 atom stereocenters. The van der Waals surface area contributed by atoms with Crippen LogP contribution >= 0.6 is 0 Å². The number of benzene rings is 2. The molecular weight excluding hydrogens is 200 g/mol. The summed E-state index contributed by atoms with van der Waals surface area (Å²) in [6, 6.07) is 14.3. The number of hydrogen-bond acceptors (Lipinski definition) is 3. The first-order valence-corrected chi connectivity index (χ1v) is 4.95. The van der Waals surface area contributed by atoms with Gasteiger partial charge in [-0.3, -0.25) is 0 Å². The highest BCUT2D eigenvalue weighted by Crippen LogP contribution is 2.10. The third-order valence-electron chi connectivity index (χ3n) is 2.06. The van der Waals surface area contributed by atoms with Crippen LogP contribution < -0.4 is 11.5 Å². The zero-order valence-electron chi connectivity index (χ0n) is 9.22. The predicted octanol–water partition coefficient (Wildman–Crippen LogP) is 2.55. The van der Waals surface area contributed by atoms with Crippen LogP contribution in [0, 0.1) is 6.92 Å². The second kappa shape index (κ2) is 5.66. The van der Waals surface area contributed by atoms with Crippen LogP contribution in [0.4, 0.5) is 11.4 Å². The third-order valence-corrected chi connectivity index (χ3v) is 2.06. The minimum atomic E-state index is 0.213. The molecule has 2 aromatic rings. The molecule has 0 fully saturated rings. The highest BCUT2D eigenvalue weighted by Gasteiger charge is 1.84. The first-order chi connectivity index (χ1) is 7.59. The Kier molecular flexibility index (Phi) is 4.21. The number of para-hydroxylation sites is 1. The van der Waals surface area contributed by atoms with E-state index < -0.39 is 0 Å². The lowest BCUT2D eigenvalue weighted by atomic mass is 10.2. The number of aryl methyl sites for hydroxylation is 1. The summed E-state index contributed by atoms with van der Waals surface area (Å²) < 4.78 is 0. The van der Waals surface area contributed by atoms with Crippen LogP contribution in [0.15, 0.2) is 48.5 Å². The largest absolute Gasteiger partial charge is 0.508 e. The minimum Gasteiger partial charge on any atom is -0.508 e. The zero-order valence-corrected chi connectivity index (χ0v) is 9.22. The quantitative estimate of drug-likeness (QED) is 0.592. The molecule has 5 N–H and O–H groups in total. The maximum atomic E-state index is 8.73. The van der Waals surface area contributed by atoms with Gasteiger partial charge in [0.05, 0.1) is 0 Å². The molecule has 84 valence electrons. The number of hydrogen-bond donors (Lipinski definition) is 3. The lowest BCUT2D eigenvalue weighted by Gasteiger charge is -1.93. The normalized spacial score (nSPS) is 9.06. The van der Waals surface area contributed by atoms with Gasteiger partial charge in [-0.15, -0.1) is 0 Å². The van der Waals surface area contributed by atoms with E-state index >= 15 is 0 Å². The SMILES string of the molecule is Cc1ccccc1N.Nc1cccc(O)c1. The van der Waals surface area contributed by atoms with E-state index in [4.69, 9.17) is 16.6 Å². The standard InChI is InChI=1S/C7H9N.C6H7NO/c1-6-4-2-3-5-7(6)8;7-5-2-1-3-6(8)4-5/h2-5H,8H2,1H3;1-4,8H,7H2. The monoisotopic (exact) mass is 216 g/mol. The second-order valence-corrected chi connectivity index (χ2v) is 3.45. The lowest BCUT2D eigenvalue weighted by Crippen LogP contribution is -1.85. The van der Waals surface area contributed by atoms with Crippen molar-refractivity contribution < 1.29 is 5.11 Å². The molecule has 2 rings (SSSR count). The van der Waals surface area contributed by atoms with Crippen molar-refractivity contribution in [1.29, 1.82) is 0 Å². The molecule has 0 saturated carbocycles. The lowest BCUT2D eigenvalue weighted by molar-refractivity contribution is 0.475. The number of phenolic OH excluding ortho intramolecular Hbond substituents is 1. The van der Waals surface area contributed by atoms with Gasteiger partial charge in [-0.1, -0.05) is 24.3 Å². The molecule has 0 unspecified atom stereocenters. The predicted molar refractivity (Wildman–Crippen MR) is 68.1 cm³/mol. The molecule has 0 amide bonds. The minimum absolute atomic E-state index is 0.213. The van der Waals surface area contributed by atoms with E-state index in [9.17, 15) is 0 Å². The highest BCUT2D eigenvalue weighted by atomic mass is 16.3. The summed E-state index contributed by atoms with van der Waals surface area (Å²) in [6.07, 6.45) is 0. The van der Waals surface area contributed by atoms with Crippen LogP contribution in [0.2, 0.25) is 0 Å². The van der Waals surface area contributed by atoms with Crippen LogP contribution in [0.1, 0.15) is 5.56 Å². The Morgan fingerprint density at radius 2 is 1.62 bits per heavy atom. The number of phenols is 1. The zero-order chi connectivity index (χ0) is 12.0. The summed E-state index contributed by atoms with van der Waals surface area (Å²) in [4.78, 5) is 0.